The molecule has 0 amide bonds. The number of halogens is 2. The molecule has 1 nitrogen and oxygen atoms in total. The van der Waals surface area contributed by atoms with Gasteiger partial charge in [-0.05, 0) is 69.1 Å². The van der Waals surface area contributed by atoms with Crippen molar-refractivity contribution in [3.05, 3.63) is 31.8 Å². The summed E-state index contributed by atoms with van der Waals surface area (Å²) < 4.78 is 2.36. The molecule has 0 radical (unpaired) electrons. The Morgan fingerprint density at radius 2 is 2.17 bits per heavy atom. The van der Waals surface area contributed by atoms with Gasteiger partial charge < -0.3 is 5.11 Å². The Balaban J connectivity index is 2.69. The highest BCUT2D eigenvalue weighted by Gasteiger charge is 1.97. The van der Waals surface area contributed by atoms with E-state index in [1.54, 1.807) is 0 Å². The first kappa shape index (κ1) is 10.5. The molecule has 0 aliphatic heterocycles. The molecule has 0 atom stereocenters. The van der Waals surface area contributed by atoms with Crippen molar-refractivity contribution in [2.24, 2.45) is 0 Å². The van der Waals surface area contributed by atoms with Crippen molar-refractivity contribution in [3.63, 3.8) is 0 Å². The van der Waals surface area contributed by atoms with E-state index in [4.69, 9.17) is 5.11 Å². The molecule has 0 aliphatic carbocycles. The lowest BCUT2D eigenvalue weighted by molar-refractivity contribution is 0.288. The lowest BCUT2D eigenvalue weighted by atomic mass is 10.1. The first-order valence-corrected chi connectivity index (χ1v) is 5.66. The van der Waals surface area contributed by atoms with Gasteiger partial charge in [0.1, 0.15) is 0 Å². The largest absolute Gasteiger partial charge is 0.396 e. The third kappa shape index (κ3) is 3.03. The van der Waals surface area contributed by atoms with Crippen molar-refractivity contribution in [2.75, 3.05) is 6.61 Å². The zero-order valence-corrected chi connectivity index (χ0v) is 10.3. The van der Waals surface area contributed by atoms with Gasteiger partial charge in [-0.3, -0.25) is 0 Å². The molecule has 0 unspecified atom stereocenters. The summed E-state index contributed by atoms with van der Waals surface area (Å²) in [6.07, 6.45) is 1.80. The van der Waals surface area contributed by atoms with E-state index < -0.39 is 0 Å². The van der Waals surface area contributed by atoms with Gasteiger partial charge in [0.2, 0.25) is 0 Å². The van der Waals surface area contributed by atoms with E-state index in [1.165, 1.54) is 9.13 Å². The molecule has 0 aromatic heterocycles. The smallest absolute Gasteiger partial charge is 0.0434 e. The molecule has 12 heavy (non-hydrogen) atoms. The Morgan fingerprint density at radius 3 is 2.75 bits per heavy atom. The van der Waals surface area contributed by atoms with Gasteiger partial charge >= 0.3 is 0 Å². The highest BCUT2D eigenvalue weighted by atomic mass is 127. The molecular weight excluding hydrogens is 331 g/mol. The molecule has 3 heteroatoms. The van der Waals surface area contributed by atoms with Crippen LogP contribution in [0, 0.1) is 3.57 Å². The second-order valence-electron chi connectivity index (χ2n) is 2.58. The quantitative estimate of drug-likeness (QED) is 0.839. The van der Waals surface area contributed by atoms with Crippen LogP contribution >= 0.6 is 38.5 Å². The van der Waals surface area contributed by atoms with Crippen molar-refractivity contribution in [1.82, 2.24) is 0 Å². The molecule has 0 saturated heterocycles. The normalized spacial score (nSPS) is 10.2. The fourth-order valence-electron chi connectivity index (χ4n) is 0.978. The van der Waals surface area contributed by atoms with E-state index in [1.807, 2.05) is 0 Å². The van der Waals surface area contributed by atoms with Gasteiger partial charge in [-0.2, -0.15) is 0 Å². The van der Waals surface area contributed by atoms with Crippen molar-refractivity contribution < 1.29 is 5.11 Å². The maximum Gasteiger partial charge on any atom is 0.0434 e. The van der Waals surface area contributed by atoms with E-state index in [2.05, 4.69) is 56.7 Å². The van der Waals surface area contributed by atoms with Gasteiger partial charge in [-0.25, -0.2) is 0 Å². The Hall–Kier alpha value is 0.390. The predicted molar refractivity (Wildman–Crippen MR) is 62.3 cm³/mol. The van der Waals surface area contributed by atoms with Gasteiger partial charge in [0.25, 0.3) is 0 Å². The molecule has 0 spiro atoms. The highest BCUT2D eigenvalue weighted by molar-refractivity contribution is 14.1. The van der Waals surface area contributed by atoms with Crippen LogP contribution in [0.4, 0.5) is 0 Å². The minimum Gasteiger partial charge on any atom is -0.396 e. The average molecular weight is 341 g/mol. The molecule has 66 valence electrons. The number of aliphatic hydroxyl groups is 1. The van der Waals surface area contributed by atoms with Crippen LogP contribution < -0.4 is 0 Å². The zero-order valence-electron chi connectivity index (χ0n) is 6.56. The minimum absolute atomic E-state index is 0.270. The highest BCUT2D eigenvalue weighted by Crippen LogP contribution is 2.20. The summed E-state index contributed by atoms with van der Waals surface area (Å²) in [5, 5.41) is 8.64. The molecule has 1 aromatic carbocycles. The molecule has 0 aliphatic rings. The van der Waals surface area contributed by atoms with E-state index >= 15 is 0 Å². The molecular formula is C9H10BrIO. The lowest BCUT2D eigenvalue weighted by Crippen LogP contribution is -1.90. The van der Waals surface area contributed by atoms with Crippen LogP contribution in [-0.4, -0.2) is 11.7 Å². The summed E-state index contributed by atoms with van der Waals surface area (Å²) in [5.74, 6) is 0. The zero-order chi connectivity index (χ0) is 8.97. The Morgan fingerprint density at radius 1 is 1.42 bits per heavy atom. The lowest BCUT2D eigenvalue weighted by Gasteiger charge is -2.01. The Bertz CT molecular complexity index is 263. The Labute approximate surface area is 94.4 Å². The molecule has 1 aromatic rings. The topological polar surface area (TPSA) is 20.2 Å². The number of rotatable bonds is 3. The number of hydrogen-bond donors (Lipinski definition) is 1. The average Bonchev–Trinajstić information content (AvgIpc) is 2.07. The van der Waals surface area contributed by atoms with Crippen LogP contribution in [0.3, 0.4) is 0 Å². The SMILES string of the molecule is OCCCc1ccc(Br)c(I)c1. The van der Waals surface area contributed by atoms with E-state index in [-0.39, 0.29) is 6.61 Å². The first-order chi connectivity index (χ1) is 5.74. The molecule has 1 N–H and O–H groups in total. The second kappa shape index (κ2) is 5.19. The molecule has 0 bridgehead atoms. The summed E-state index contributed by atoms with van der Waals surface area (Å²) in [7, 11) is 0. The van der Waals surface area contributed by atoms with Crippen LogP contribution in [-0.2, 0) is 6.42 Å². The summed E-state index contributed by atoms with van der Waals surface area (Å²) in [6.45, 7) is 0.270. The van der Waals surface area contributed by atoms with E-state index in [0.29, 0.717) is 0 Å². The van der Waals surface area contributed by atoms with Gasteiger partial charge in [-0.15, -0.1) is 0 Å². The third-order valence-electron chi connectivity index (χ3n) is 1.61. The summed E-state index contributed by atoms with van der Waals surface area (Å²) in [6, 6.07) is 6.27. The van der Waals surface area contributed by atoms with Gasteiger partial charge in [0.15, 0.2) is 0 Å². The maximum absolute atomic E-state index is 8.64. The number of hydrogen-bond acceptors (Lipinski definition) is 1. The van der Waals surface area contributed by atoms with E-state index in [9.17, 15) is 0 Å². The van der Waals surface area contributed by atoms with Crippen molar-refractivity contribution >= 4 is 38.5 Å². The number of aliphatic hydroxyl groups excluding tert-OH is 1. The molecule has 0 fully saturated rings. The molecule has 0 saturated carbocycles. The number of aryl methyl sites for hydroxylation is 1. The first-order valence-electron chi connectivity index (χ1n) is 3.79. The summed E-state index contributed by atoms with van der Waals surface area (Å²) in [5.41, 5.74) is 1.29. The fourth-order valence-corrected chi connectivity index (χ4v) is 1.80. The standard InChI is InChI=1S/C9H10BrIO/c10-8-4-3-7(2-1-5-12)6-9(8)11/h3-4,6,12H,1-2,5H2. The van der Waals surface area contributed by atoms with Crippen LogP contribution in [0.15, 0.2) is 22.7 Å². The van der Waals surface area contributed by atoms with Gasteiger partial charge in [0, 0.05) is 14.6 Å². The summed E-state index contributed by atoms with van der Waals surface area (Å²) in [4.78, 5) is 0. The molecule has 1 rings (SSSR count). The van der Waals surface area contributed by atoms with Crippen molar-refractivity contribution in [2.45, 2.75) is 12.8 Å². The maximum atomic E-state index is 8.64. The summed E-state index contributed by atoms with van der Waals surface area (Å²) >= 11 is 5.73. The number of benzene rings is 1. The van der Waals surface area contributed by atoms with Crippen LogP contribution in [0.1, 0.15) is 12.0 Å². The minimum atomic E-state index is 0.270. The van der Waals surface area contributed by atoms with Crippen LogP contribution in [0.25, 0.3) is 0 Å². The fraction of sp³-hybridized carbons (Fsp3) is 0.333. The van der Waals surface area contributed by atoms with Crippen LogP contribution in [0.5, 0.6) is 0 Å². The van der Waals surface area contributed by atoms with Gasteiger partial charge in [0.05, 0.1) is 0 Å². The third-order valence-corrected chi connectivity index (χ3v) is 3.93. The monoisotopic (exact) mass is 340 g/mol. The van der Waals surface area contributed by atoms with E-state index in [0.717, 1.165) is 17.3 Å². The second-order valence-corrected chi connectivity index (χ2v) is 4.59. The van der Waals surface area contributed by atoms with Crippen molar-refractivity contribution in [3.8, 4) is 0 Å². The predicted octanol–water partition coefficient (Wildman–Crippen LogP) is 2.98. The van der Waals surface area contributed by atoms with Crippen LogP contribution in [0.2, 0.25) is 0 Å². The Kier molecular flexibility index (Phi) is 4.53. The van der Waals surface area contributed by atoms with Gasteiger partial charge in [-0.1, -0.05) is 6.07 Å². The molecule has 0 heterocycles. The van der Waals surface area contributed by atoms with Crippen molar-refractivity contribution in [1.29, 1.82) is 0 Å².